The third-order valence-corrected chi connectivity index (χ3v) is 6.55. The number of carbonyl (C=O) groups excluding carboxylic acids is 1. The van der Waals surface area contributed by atoms with Crippen molar-refractivity contribution in [3.05, 3.63) is 58.7 Å². The van der Waals surface area contributed by atoms with E-state index >= 15 is 0 Å². The van der Waals surface area contributed by atoms with Crippen LogP contribution in [0.15, 0.2) is 30.5 Å². The van der Waals surface area contributed by atoms with Gasteiger partial charge in [-0.25, -0.2) is 19.2 Å². The standard InChI is InChI=1S/C24H28FN5O.CHN/c1-16-13-18(25)8-9-19(16)24(31)29-12-4-3-7-21(29)20-14-22-26-23(28-10-5-6-11-28)17(2)15-30(22)27-20;1-2/h8-9,13-15,21H,3-7,10-12H2,1-2H3;1H. The largest absolute Gasteiger partial charge is 0.356 e. The molecule has 0 aliphatic carbocycles. The molecule has 0 spiro atoms. The summed E-state index contributed by atoms with van der Waals surface area (Å²) >= 11 is 0. The number of aryl methyl sites for hydroxylation is 2. The molecule has 1 unspecified atom stereocenters. The Balaban J connectivity index is 0.00000126. The maximum Gasteiger partial charge on any atom is 0.254 e. The Morgan fingerprint density at radius 1 is 1.06 bits per heavy atom. The van der Waals surface area contributed by atoms with E-state index in [1.165, 1.54) is 25.0 Å². The van der Waals surface area contributed by atoms with E-state index in [0.717, 1.165) is 55.1 Å². The van der Waals surface area contributed by atoms with Gasteiger partial charge in [0.15, 0.2) is 5.65 Å². The Bertz CT molecular complexity index is 1180. The molecule has 8 heteroatoms. The summed E-state index contributed by atoms with van der Waals surface area (Å²) in [6, 6.07) is 6.30. The highest BCUT2D eigenvalue weighted by Gasteiger charge is 2.31. The topological polar surface area (TPSA) is 77.5 Å². The number of nitrogens with zero attached hydrogens (tertiary/aromatic N) is 6. The lowest BCUT2D eigenvalue weighted by Gasteiger charge is -2.35. The van der Waals surface area contributed by atoms with Crippen LogP contribution in [0.3, 0.4) is 0 Å². The monoisotopic (exact) mass is 448 g/mol. The zero-order valence-corrected chi connectivity index (χ0v) is 19.2. The molecule has 2 aliphatic heterocycles. The number of rotatable bonds is 3. The molecule has 1 aromatic carbocycles. The molecule has 1 atom stereocenters. The lowest BCUT2D eigenvalue weighted by Crippen LogP contribution is -2.39. The molecule has 2 aromatic heterocycles. The van der Waals surface area contributed by atoms with E-state index in [2.05, 4.69) is 18.4 Å². The summed E-state index contributed by atoms with van der Waals surface area (Å²) in [4.78, 5) is 22.5. The van der Waals surface area contributed by atoms with Crippen molar-refractivity contribution in [2.24, 2.45) is 0 Å². The van der Waals surface area contributed by atoms with Crippen molar-refractivity contribution in [1.29, 1.82) is 5.26 Å². The molecule has 172 valence electrons. The first-order valence-electron chi connectivity index (χ1n) is 11.5. The molecule has 4 heterocycles. The van der Waals surface area contributed by atoms with Gasteiger partial charge in [0.25, 0.3) is 5.91 Å². The summed E-state index contributed by atoms with van der Waals surface area (Å²) < 4.78 is 15.4. The second-order valence-electron chi connectivity index (χ2n) is 8.78. The number of halogens is 1. The Morgan fingerprint density at radius 3 is 2.52 bits per heavy atom. The normalized spacial score (nSPS) is 18.3. The molecule has 2 aliphatic rings. The molecule has 1 amide bonds. The van der Waals surface area contributed by atoms with Gasteiger partial charge in [-0.3, -0.25) is 4.79 Å². The quantitative estimate of drug-likeness (QED) is 0.586. The number of fused-ring (bicyclic) bond motifs is 1. The van der Waals surface area contributed by atoms with Gasteiger partial charge in [0.05, 0.1) is 11.7 Å². The average Bonchev–Trinajstić information content (AvgIpc) is 3.49. The molecule has 0 N–H and O–H groups in total. The van der Waals surface area contributed by atoms with E-state index < -0.39 is 0 Å². The summed E-state index contributed by atoms with van der Waals surface area (Å²) in [5, 5.41) is 11.3. The Hall–Kier alpha value is -3.47. The third-order valence-electron chi connectivity index (χ3n) is 6.55. The van der Waals surface area contributed by atoms with Gasteiger partial charge < -0.3 is 9.80 Å². The summed E-state index contributed by atoms with van der Waals surface area (Å²) in [7, 11) is 0. The molecular weight excluding hydrogens is 419 g/mol. The number of hydrogen-bond acceptors (Lipinski definition) is 5. The molecular formula is C25H29FN6O. The van der Waals surface area contributed by atoms with Gasteiger partial charge in [0, 0.05) is 49.6 Å². The minimum Gasteiger partial charge on any atom is -0.356 e. The number of amides is 1. The molecule has 7 nitrogen and oxygen atoms in total. The van der Waals surface area contributed by atoms with Crippen LogP contribution in [0.4, 0.5) is 10.2 Å². The highest BCUT2D eigenvalue weighted by atomic mass is 19.1. The van der Waals surface area contributed by atoms with E-state index in [-0.39, 0.29) is 17.8 Å². The Kier molecular flexibility index (Phi) is 6.59. The summed E-state index contributed by atoms with van der Waals surface area (Å²) in [5.41, 5.74) is 4.03. The first-order valence-corrected chi connectivity index (χ1v) is 11.5. The third kappa shape index (κ3) is 4.40. The fourth-order valence-corrected chi connectivity index (χ4v) is 4.94. The maximum absolute atomic E-state index is 13.5. The second kappa shape index (κ2) is 9.57. The van der Waals surface area contributed by atoms with Crippen LogP contribution in [0.1, 0.15) is 65.3 Å². The maximum atomic E-state index is 13.5. The van der Waals surface area contributed by atoms with Crippen molar-refractivity contribution >= 4 is 17.4 Å². The smallest absolute Gasteiger partial charge is 0.254 e. The molecule has 33 heavy (non-hydrogen) atoms. The molecule has 0 radical (unpaired) electrons. The predicted molar refractivity (Wildman–Crippen MR) is 125 cm³/mol. The van der Waals surface area contributed by atoms with Gasteiger partial charge in [-0.2, -0.15) is 5.10 Å². The van der Waals surface area contributed by atoms with Crippen LogP contribution in [0.2, 0.25) is 0 Å². The number of nitriles is 1. The number of anilines is 1. The fraction of sp³-hybridized carbons (Fsp3) is 0.440. The second-order valence-corrected chi connectivity index (χ2v) is 8.78. The van der Waals surface area contributed by atoms with Crippen LogP contribution in [0.25, 0.3) is 5.65 Å². The summed E-state index contributed by atoms with van der Waals surface area (Å²) in [5.74, 6) is 0.663. The number of hydrogen-bond donors (Lipinski definition) is 0. The van der Waals surface area contributed by atoms with Crippen molar-refractivity contribution in [1.82, 2.24) is 19.5 Å². The molecule has 2 fully saturated rings. The first-order chi connectivity index (χ1) is 16.0. The fourth-order valence-electron chi connectivity index (χ4n) is 4.94. The van der Waals surface area contributed by atoms with Crippen molar-refractivity contribution in [2.75, 3.05) is 24.5 Å². The van der Waals surface area contributed by atoms with Crippen molar-refractivity contribution in [3.8, 4) is 6.57 Å². The van der Waals surface area contributed by atoms with Gasteiger partial charge in [-0.05, 0) is 69.7 Å². The van der Waals surface area contributed by atoms with E-state index in [4.69, 9.17) is 15.3 Å². The SMILES string of the molecule is C#N.Cc1cc(F)ccc1C(=O)N1CCCCC1c1cc2nc(N3CCCC3)c(C)cn2n1. The minimum absolute atomic E-state index is 0.0545. The van der Waals surface area contributed by atoms with Gasteiger partial charge in [0.1, 0.15) is 11.6 Å². The zero-order chi connectivity index (χ0) is 23.5. The van der Waals surface area contributed by atoms with Crippen LogP contribution in [0, 0.1) is 31.5 Å². The van der Waals surface area contributed by atoms with E-state index in [1.54, 1.807) is 13.0 Å². The average molecular weight is 449 g/mol. The zero-order valence-electron chi connectivity index (χ0n) is 19.2. The van der Waals surface area contributed by atoms with Crippen molar-refractivity contribution in [2.45, 2.75) is 52.0 Å². The molecule has 0 bridgehead atoms. The number of benzene rings is 1. The highest BCUT2D eigenvalue weighted by Crippen LogP contribution is 2.33. The van der Waals surface area contributed by atoms with Crippen LogP contribution < -0.4 is 4.90 Å². The van der Waals surface area contributed by atoms with Crippen LogP contribution in [-0.2, 0) is 0 Å². The number of aromatic nitrogens is 3. The predicted octanol–water partition coefficient (Wildman–Crippen LogP) is 4.59. The minimum atomic E-state index is -0.320. The van der Waals surface area contributed by atoms with E-state index in [9.17, 15) is 9.18 Å². The van der Waals surface area contributed by atoms with E-state index in [1.807, 2.05) is 21.7 Å². The highest BCUT2D eigenvalue weighted by molar-refractivity contribution is 5.96. The number of piperidine rings is 1. The lowest BCUT2D eigenvalue weighted by molar-refractivity contribution is 0.0605. The first kappa shape index (κ1) is 22.7. The van der Waals surface area contributed by atoms with Gasteiger partial charge >= 0.3 is 0 Å². The van der Waals surface area contributed by atoms with Crippen LogP contribution >= 0.6 is 0 Å². The summed E-state index contributed by atoms with van der Waals surface area (Å²) in [6.45, 7) is 10.1. The van der Waals surface area contributed by atoms with Crippen molar-refractivity contribution in [3.63, 3.8) is 0 Å². The number of likely N-dealkylation sites (tertiary alicyclic amines) is 1. The molecule has 3 aromatic rings. The van der Waals surface area contributed by atoms with Gasteiger partial charge in [-0.15, -0.1) is 0 Å². The van der Waals surface area contributed by atoms with Crippen molar-refractivity contribution < 1.29 is 9.18 Å². The van der Waals surface area contributed by atoms with Gasteiger partial charge in [-0.1, -0.05) is 0 Å². The van der Waals surface area contributed by atoms with Gasteiger partial charge in [0.2, 0.25) is 0 Å². The van der Waals surface area contributed by atoms with Crippen LogP contribution in [0.5, 0.6) is 0 Å². The van der Waals surface area contributed by atoms with Crippen LogP contribution in [-0.4, -0.2) is 45.0 Å². The molecule has 2 saturated heterocycles. The molecule has 0 saturated carbocycles. The summed E-state index contributed by atoms with van der Waals surface area (Å²) in [6.07, 6.45) is 7.34. The molecule has 5 rings (SSSR count). The van der Waals surface area contributed by atoms with E-state index in [0.29, 0.717) is 17.7 Å². The number of carbonyl (C=O) groups is 1. The Morgan fingerprint density at radius 2 is 1.79 bits per heavy atom. The lowest BCUT2D eigenvalue weighted by atomic mass is 9.97. The Labute approximate surface area is 193 Å².